The van der Waals surface area contributed by atoms with Gasteiger partial charge in [-0.1, -0.05) is 19.1 Å². The first-order valence-corrected chi connectivity index (χ1v) is 7.04. The van der Waals surface area contributed by atoms with Crippen molar-refractivity contribution in [2.45, 2.75) is 25.7 Å². The average molecular weight is 313 g/mol. The lowest BCUT2D eigenvalue weighted by Gasteiger charge is -2.35. The predicted molar refractivity (Wildman–Crippen MR) is 72.7 cm³/mol. The van der Waals surface area contributed by atoms with E-state index < -0.39 is 17.9 Å². The van der Waals surface area contributed by atoms with Gasteiger partial charge in [-0.15, -0.1) is 0 Å². The van der Waals surface area contributed by atoms with Crippen molar-refractivity contribution in [3.63, 3.8) is 0 Å². The number of hydrogen-bond acceptors (Lipinski definition) is 2. The van der Waals surface area contributed by atoms with Crippen molar-refractivity contribution in [2.24, 2.45) is 0 Å². The molecule has 2 aromatic rings. The third-order valence-electron chi connectivity index (χ3n) is 3.93. The average Bonchev–Trinajstić information content (AvgIpc) is 2.91. The van der Waals surface area contributed by atoms with Crippen molar-refractivity contribution in [1.29, 1.82) is 0 Å². The molecule has 3 rings (SSSR count). The molecule has 1 aromatic carbocycles. The molecule has 22 heavy (non-hydrogen) atoms. The van der Waals surface area contributed by atoms with Gasteiger partial charge in [-0.05, 0) is 24.2 Å². The molecule has 2 heterocycles. The fraction of sp³-hybridized carbons (Fsp3) is 0.400. The summed E-state index contributed by atoms with van der Waals surface area (Å²) in [4.78, 5) is 5.84. The van der Waals surface area contributed by atoms with E-state index in [0.29, 0.717) is 25.5 Å². The highest BCUT2D eigenvalue weighted by Crippen LogP contribution is 2.35. The molecule has 0 fully saturated rings. The van der Waals surface area contributed by atoms with Crippen LogP contribution < -0.4 is 0 Å². The largest absolute Gasteiger partial charge is 0.434 e. The minimum atomic E-state index is -4.46. The van der Waals surface area contributed by atoms with E-state index in [2.05, 4.69) is 4.98 Å². The molecule has 3 nitrogen and oxygen atoms in total. The van der Waals surface area contributed by atoms with Gasteiger partial charge in [0.1, 0.15) is 11.6 Å². The molecule has 1 unspecified atom stereocenters. The summed E-state index contributed by atoms with van der Waals surface area (Å²) in [5.74, 6) is -0.0195. The molecule has 0 spiro atoms. The van der Waals surface area contributed by atoms with Gasteiger partial charge in [0, 0.05) is 19.3 Å². The van der Waals surface area contributed by atoms with Gasteiger partial charge in [0.25, 0.3) is 0 Å². The lowest BCUT2D eigenvalue weighted by atomic mass is 10.0. The maximum Gasteiger partial charge on any atom is 0.434 e. The lowest BCUT2D eigenvalue weighted by molar-refractivity contribution is -0.141. The minimum absolute atomic E-state index is 0.354. The Morgan fingerprint density at radius 2 is 1.86 bits per heavy atom. The Morgan fingerprint density at radius 3 is 2.45 bits per heavy atom. The number of benzene rings is 1. The fourth-order valence-corrected chi connectivity index (χ4v) is 2.84. The second-order valence-corrected chi connectivity index (χ2v) is 5.26. The highest BCUT2D eigenvalue weighted by molar-refractivity contribution is 5.28. The Morgan fingerprint density at radius 1 is 1.18 bits per heavy atom. The first-order chi connectivity index (χ1) is 10.4. The number of imidazole rings is 1. The monoisotopic (exact) mass is 313 g/mol. The van der Waals surface area contributed by atoms with Crippen LogP contribution in [0.15, 0.2) is 30.5 Å². The van der Waals surface area contributed by atoms with Gasteiger partial charge in [-0.3, -0.25) is 4.90 Å². The van der Waals surface area contributed by atoms with Crippen molar-refractivity contribution >= 4 is 0 Å². The molecule has 0 amide bonds. The van der Waals surface area contributed by atoms with Gasteiger partial charge in [0.05, 0.1) is 6.04 Å². The summed E-state index contributed by atoms with van der Waals surface area (Å²) in [5, 5.41) is 0. The molecule has 0 saturated carbocycles. The van der Waals surface area contributed by atoms with Crippen LogP contribution in [0.2, 0.25) is 0 Å². The highest BCUT2D eigenvalue weighted by atomic mass is 19.4. The van der Waals surface area contributed by atoms with Crippen LogP contribution in [-0.2, 0) is 12.7 Å². The van der Waals surface area contributed by atoms with Crippen molar-refractivity contribution in [2.75, 3.05) is 13.1 Å². The minimum Gasteiger partial charge on any atom is -0.331 e. The summed E-state index contributed by atoms with van der Waals surface area (Å²) < 4.78 is 53.3. The molecule has 0 aliphatic carbocycles. The number of fused-ring (bicyclic) bond motifs is 1. The van der Waals surface area contributed by atoms with Crippen LogP contribution in [0, 0.1) is 5.82 Å². The Balaban J connectivity index is 2.07. The lowest BCUT2D eigenvalue weighted by Crippen LogP contribution is -2.38. The van der Waals surface area contributed by atoms with Crippen molar-refractivity contribution in [1.82, 2.24) is 14.5 Å². The first kappa shape index (κ1) is 15.0. The van der Waals surface area contributed by atoms with E-state index in [1.165, 1.54) is 12.1 Å². The molecule has 7 heteroatoms. The predicted octanol–water partition coefficient (Wildman–Crippen LogP) is 3.47. The molecule has 1 aliphatic heterocycles. The fourth-order valence-electron chi connectivity index (χ4n) is 2.84. The number of halogens is 4. The topological polar surface area (TPSA) is 21.1 Å². The van der Waals surface area contributed by atoms with E-state index in [1.54, 1.807) is 16.7 Å². The van der Waals surface area contributed by atoms with Gasteiger partial charge in [0.15, 0.2) is 5.69 Å². The van der Waals surface area contributed by atoms with Gasteiger partial charge >= 0.3 is 6.18 Å². The Hall–Kier alpha value is -1.89. The summed E-state index contributed by atoms with van der Waals surface area (Å²) in [5.41, 5.74) is -0.143. The van der Waals surface area contributed by atoms with Crippen LogP contribution in [0.5, 0.6) is 0 Å². The van der Waals surface area contributed by atoms with E-state index >= 15 is 0 Å². The van der Waals surface area contributed by atoms with Crippen LogP contribution in [0.1, 0.15) is 30.0 Å². The molecule has 118 valence electrons. The highest BCUT2D eigenvalue weighted by Gasteiger charge is 2.38. The van der Waals surface area contributed by atoms with E-state index in [9.17, 15) is 17.6 Å². The molecule has 0 radical (unpaired) electrons. The zero-order chi connectivity index (χ0) is 15.9. The molecular weight excluding hydrogens is 298 g/mol. The third kappa shape index (κ3) is 2.61. The van der Waals surface area contributed by atoms with Crippen molar-refractivity contribution < 1.29 is 17.6 Å². The van der Waals surface area contributed by atoms with Gasteiger partial charge < -0.3 is 4.57 Å². The summed E-state index contributed by atoms with van der Waals surface area (Å²) >= 11 is 0. The van der Waals surface area contributed by atoms with E-state index in [0.717, 1.165) is 11.8 Å². The molecule has 1 atom stereocenters. The number of hydrogen-bond donors (Lipinski definition) is 0. The van der Waals surface area contributed by atoms with Crippen LogP contribution in [0.3, 0.4) is 0 Å². The molecule has 0 N–H and O–H groups in total. The second-order valence-electron chi connectivity index (χ2n) is 5.26. The maximum absolute atomic E-state index is 13.1. The number of alkyl halides is 3. The van der Waals surface area contributed by atoms with Crippen LogP contribution in [0.4, 0.5) is 17.6 Å². The van der Waals surface area contributed by atoms with Crippen LogP contribution in [0.25, 0.3) is 0 Å². The summed E-state index contributed by atoms with van der Waals surface area (Å²) in [6.07, 6.45) is -3.41. The maximum atomic E-state index is 13.1. The Bertz CT molecular complexity index is 660. The number of rotatable bonds is 2. The molecule has 1 aliphatic rings. The number of likely N-dealkylation sites (N-methyl/N-ethyl adjacent to an activating group) is 1. The standard InChI is InChI=1S/C15H15F4N3/c1-2-21-7-8-22-9-12(15(17,18)19)20-14(22)13(21)10-3-5-11(16)6-4-10/h3-6,9,13H,2,7-8H2,1H3. The van der Waals surface area contributed by atoms with Crippen molar-refractivity contribution in [3.05, 3.63) is 53.4 Å². The summed E-state index contributed by atoms with van der Waals surface area (Å²) in [6, 6.07) is 5.43. The number of aromatic nitrogens is 2. The zero-order valence-corrected chi connectivity index (χ0v) is 11.9. The van der Waals surface area contributed by atoms with E-state index in [-0.39, 0.29) is 5.82 Å². The third-order valence-corrected chi connectivity index (χ3v) is 3.93. The SMILES string of the molecule is CCN1CCn2cc(C(F)(F)F)nc2C1c1ccc(F)cc1. The van der Waals surface area contributed by atoms with E-state index in [4.69, 9.17) is 0 Å². The molecule has 1 aromatic heterocycles. The molecular formula is C15H15F4N3. The first-order valence-electron chi connectivity index (χ1n) is 7.04. The zero-order valence-electron chi connectivity index (χ0n) is 11.9. The smallest absolute Gasteiger partial charge is 0.331 e. The van der Waals surface area contributed by atoms with Gasteiger partial charge in [-0.2, -0.15) is 13.2 Å². The summed E-state index contributed by atoms with van der Waals surface area (Å²) in [7, 11) is 0. The quantitative estimate of drug-likeness (QED) is 0.792. The summed E-state index contributed by atoms with van der Waals surface area (Å²) in [6.45, 7) is 3.71. The van der Waals surface area contributed by atoms with Gasteiger partial charge in [-0.25, -0.2) is 9.37 Å². The van der Waals surface area contributed by atoms with Crippen molar-refractivity contribution in [3.8, 4) is 0 Å². The van der Waals surface area contributed by atoms with E-state index in [1.807, 2.05) is 11.8 Å². The molecule has 0 saturated heterocycles. The number of nitrogens with zero attached hydrogens (tertiary/aromatic N) is 3. The Labute approximate surface area is 125 Å². The normalized spacial score (nSPS) is 19.2. The van der Waals surface area contributed by atoms with Crippen LogP contribution in [-0.4, -0.2) is 27.5 Å². The Kier molecular flexibility index (Phi) is 3.68. The van der Waals surface area contributed by atoms with Gasteiger partial charge in [0.2, 0.25) is 0 Å². The molecule has 0 bridgehead atoms. The van der Waals surface area contributed by atoms with Crippen LogP contribution >= 0.6 is 0 Å². The second kappa shape index (κ2) is 5.39.